The summed E-state index contributed by atoms with van der Waals surface area (Å²) in [6.45, 7) is 2.91. The summed E-state index contributed by atoms with van der Waals surface area (Å²) < 4.78 is 27.3. The maximum atomic E-state index is 12.9. The van der Waals surface area contributed by atoms with Crippen LogP contribution in [0.4, 0.5) is 5.69 Å². The van der Waals surface area contributed by atoms with Gasteiger partial charge in [-0.1, -0.05) is 19.8 Å². The molecule has 0 unspecified atom stereocenters. The van der Waals surface area contributed by atoms with Crippen LogP contribution in [0.15, 0.2) is 33.1 Å². The van der Waals surface area contributed by atoms with Crippen molar-refractivity contribution in [2.75, 3.05) is 13.1 Å². The summed E-state index contributed by atoms with van der Waals surface area (Å²) in [7, 11) is -3.75. The lowest BCUT2D eigenvalue weighted by Gasteiger charge is -2.20. The van der Waals surface area contributed by atoms with Gasteiger partial charge >= 0.3 is 0 Å². The summed E-state index contributed by atoms with van der Waals surface area (Å²) in [5.74, 6) is 0.716. The maximum Gasteiger partial charge on any atom is 0.284 e. The number of nitro benzene ring substituents is 1. The number of hydrogen-bond acceptors (Lipinski definition) is 7. The van der Waals surface area contributed by atoms with E-state index in [4.69, 9.17) is 0 Å². The van der Waals surface area contributed by atoms with Crippen LogP contribution in [0.25, 0.3) is 0 Å². The third-order valence-electron chi connectivity index (χ3n) is 4.53. The smallest absolute Gasteiger partial charge is 0.262 e. The predicted octanol–water partition coefficient (Wildman–Crippen LogP) is 3.38. The van der Waals surface area contributed by atoms with Gasteiger partial charge in [0.1, 0.15) is 5.82 Å². The molecule has 2 heterocycles. The Morgan fingerprint density at radius 2 is 1.96 bits per heavy atom. The number of aromatic nitrogens is 3. The van der Waals surface area contributed by atoms with Gasteiger partial charge in [-0.15, -0.1) is 5.10 Å². The Balaban J connectivity index is 1.88. The number of nitro groups is 1. The van der Waals surface area contributed by atoms with Crippen LogP contribution < -0.4 is 0 Å². The highest BCUT2D eigenvalue weighted by atomic mass is 32.2. The average molecular weight is 426 g/mol. The van der Waals surface area contributed by atoms with Crippen molar-refractivity contribution in [2.24, 2.45) is 0 Å². The van der Waals surface area contributed by atoms with Gasteiger partial charge in [0.05, 0.1) is 14.7 Å². The molecular formula is C17H23N5O4S2. The zero-order valence-electron chi connectivity index (χ0n) is 15.6. The van der Waals surface area contributed by atoms with E-state index in [-0.39, 0.29) is 10.6 Å². The molecule has 1 aromatic heterocycles. The highest BCUT2D eigenvalue weighted by Gasteiger charge is 2.28. The van der Waals surface area contributed by atoms with Crippen molar-refractivity contribution in [1.82, 2.24) is 19.5 Å². The van der Waals surface area contributed by atoms with Crippen LogP contribution >= 0.6 is 11.8 Å². The molecule has 1 aromatic carbocycles. The summed E-state index contributed by atoms with van der Waals surface area (Å²) in [4.78, 5) is 15.6. The Hall–Kier alpha value is -1.98. The summed E-state index contributed by atoms with van der Waals surface area (Å²) in [5.41, 5.74) is -0.261. The topological polar surface area (TPSA) is 122 Å². The molecule has 0 atom stereocenters. The molecule has 9 nitrogen and oxygen atoms in total. The first-order valence-electron chi connectivity index (χ1n) is 9.29. The Kier molecular flexibility index (Phi) is 6.68. The molecule has 1 fully saturated rings. The molecule has 28 heavy (non-hydrogen) atoms. The molecule has 2 aromatic rings. The number of nitrogens with one attached hydrogen (secondary N) is 1. The molecule has 0 amide bonds. The number of rotatable bonds is 7. The maximum absolute atomic E-state index is 12.9. The van der Waals surface area contributed by atoms with E-state index >= 15 is 0 Å². The Bertz CT molecular complexity index is 937. The van der Waals surface area contributed by atoms with Gasteiger partial charge in [-0.3, -0.25) is 15.2 Å². The largest absolute Gasteiger partial charge is 0.284 e. The first kappa shape index (κ1) is 20.7. The van der Waals surface area contributed by atoms with Crippen molar-refractivity contribution in [1.29, 1.82) is 0 Å². The molecule has 1 aliphatic heterocycles. The molecule has 0 saturated carbocycles. The third kappa shape index (κ3) is 4.70. The summed E-state index contributed by atoms with van der Waals surface area (Å²) >= 11 is 1.04. The lowest BCUT2D eigenvalue weighted by atomic mass is 10.2. The second-order valence-electron chi connectivity index (χ2n) is 6.62. The quantitative estimate of drug-likeness (QED) is 0.533. The number of aromatic amines is 1. The van der Waals surface area contributed by atoms with Gasteiger partial charge in [0, 0.05) is 25.6 Å². The first-order valence-corrected chi connectivity index (χ1v) is 11.5. The normalized spacial score (nSPS) is 16.0. The monoisotopic (exact) mass is 425 g/mol. The molecule has 1 aliphatic rings. The molecule has 0 aliphatic carbocycles. The van der Waals surface area contributed by atoms with Crippen molar-refractivity contribution in [2.45, 2.75) is 60.4 Å². The van der Waals surface area contributed by atoms with Crippen molar-refractivity contribution < 1.29 is 13.3 Å². The summed E-state index contributed by atoms with van der Waals surface area (Å²) in [6, 6.07) is 4.03. The molecule has 1 saturated heterocycles. The first-order chi connectivity index (χ1) is 13.4. The number of H-pyrrole nitrogens is 1. The Morgan fingerprint density at radius 3 is 2.61 bits per heavy atom. The number of hydrogen-bond donors (Lipinski definition) is 1. The summed E-state index contributed by atoms with van der Waals surface area (Å²) in [6.07, 6.45) is 5.25. The van der Waals surface area contributed by atoms with Crippen LogP contribution in [-0.4, -0.2) is 45.9 Å². The number of sulfonamides is 1. The lowest BCUT2D eigenvalue weighted by Crippen LogP contribution is -2.31. The fourth-order valence-electron chi connectivity index (χ4n) is 3.09. The minimum atomic E-state index is -3.75. The van der Waals surface area contributed by atoms with E-state index in [0.717, 1.165) is 56.4 Å². The average Bonchev–Trinajstić information content (AvgIpc) is 2.92. The fourth-order valence-corrected chi connectivity index (χ4v) is 5.44. The van der Waals surface area contributed by atoms with Crippen LogP contribution in [0.3, 0.4) is 0 Å². The van der Waals surface area contributed by atoms with Crippen LogP contribution in [0.5, 0.6) is 0 Å². The highest BCUT2D eigenvalue weighted by molar-refractivity contribution is 7.99. The SMILES string of the molecule is CCCc1nc(Sc2ccc(S(=O)(=O)N3CCCCCC3)cc2[N+](=O)[O-])n[nH]1. The van der Waals surface area contributed by atoms with E-state index in [1.54, 1.807) is 0 Å². The van der Waals surface area contributed by atoms with E-state index in [1.165, 1.54) is 16.4 Å². The third-order valence-corrected chi connectivity index (χ3v) is 7.35. The Labute approximate surface area is 168 Å². The van der Waals surface area contributed by atoms with E-state index in [1.807, 2.05) is 6.92 Å². The molecular weight excluding hydrogens is 402 g/mol. The summed E-state index contributed by atoms with van der Waals surface area (Å²) in [5, 5.41) is 18.8. The van der Waals surface area contributed by atoms with Crippen molar-refractivity contribution in [3.63, 3.8) is 0 Å². The van der Waals surface area contributed by atoms with E-state index in [2.05, 4.69) is 15.2 Å². The second-order valence-corrected chi connectivity index (χ2v) is 9.57. The van der Waals surface area contributed by atoms with Crippen LogP contribution in [-0.2, 0) is 16.4 Å². The van der Waals surface area contributed by atoms with Gasteiger partial charge in [-0.2, -0.15) is 4.31 Å². The van der Waals surface area contributed by atoms with Gasteiger partial charge in [0.25, 0.3) is 5.69 Å². The van der Waals surface area contributed by atoms with Gasteiger partial charge < -0.3 is 0 Å². The fraction of sp³-hybridized carbons (Fsp3) is 0.529. The van der Waals surface area contributed by atoms with E-state index in [9.17, 15) is 18.5 Å². The second kappa shape index (κ2) is 9.01. The van der Waals surface area contributed by atoms with Gasteiger partial charge in [0.15, 0.2) is 0 Å². The molecule has 1 N–H and O–H groups in total. The van der Waals surface area contributed by atoms with Crippen molar-refractivity contribution >= 4 is 27.5 Å². The van der Waals surface area contributed by atoms with Crippen LogP contribution in [0.1, 0.15) is 44.9 Å². The number of benzene rings is 1. The zero-order valence-corrected chi connectivity index (χ0v) is 17.3. The zero-order chi connectivity index (χ0) is 20.1. The molecule has 0 spiro atoms. The Morgan fingerprint density at radius 1 is 1.25 bits per heavy atom. The molecule has 0 radical (unpaired) electrons. The van der Waals surface area contributed by atoms with Crippen LogP contribution in [0, 0.1) is 10.1 Å². The number of nitrogens with zero attached hydrogens (tertiary/aromatic N) is 4. The molecule has 152 valence electrons. The molecule has 0 bridgehead atoms. The van der Waals surface area contributed by atoms with Crippen molar-refractivity contribution in [3.05, 3.63) is 34.1 Å². The molecule has 3 rings (SSSR count). The number of aryl methyl sites for hydroxylation is 1. The van der Waals surface area contributed by atoms with Crippen LogP contribution in [0.2, 0.25) is 0 Å². The minimum absolute atomic E-state index is 0.0490. The van der Waals surface area contributed by atoms with Gasteiger partial charge in [-0.05, 0) is 43.2 Å². The van der Waals surface area contributed by atoms with E-state index < -0.39 is 14.9 Å². The highest BCUT2D eigenvalue weighted by Crippen LogP contribution is 2.35. The lowest BCUT2D eigenvalue weighted by molar-refractivity contribution is -0.388. The van der Waals surface area contributed by atoms with Gasteiger partial charge in [-0.25, -0.2) is 13.4 Å². The van der Waals surface area contributed by atoms with E-state index in [0.29, 0.717) is 29.0 Å². The van der Waals surface area contributed by atoms with Crippen molar-refractivity contribution in [3.8, 4) is 0 Å². The minimum Gasteiger partial charge on any atom is -0.262 e. The molecule has 11 heteroatoms. The standard InChI is InChI=1S/C17H23N5O4S2/c1-2-7-16-18-17(20-19-16)27-15-9-8-13(12-14(15)22(23)24)28(25,26)21-10-5-3-4-6-11-21/h8-9,12H,2-7,10-11H2,1H3,(H,18,19,20). The predicted molar refractivity (Wildman–Crippen MR) is 105 cm³/mol. The van der Waals surface area contributed by atoms with Gasteiger partial charge in [0.2, 0.25) is 15.2 Å².